The largest absolute Gasteiger partial charge is 0.465 e. The first-order chi connectivity index (χ1) is 17.2. The van der Waals surface area contributed by atoms with Crippen LogP contribution in [0.4, 0.5) is 21.8 Å². The molecule has 36 heavy (non-hydrogen) atoms. The molecule has 1 aromatic carbocycles. The molecule has 0 fully saturated rings. The van der Waals surface area contributed by atoms with Gasteiger partial charge in [0, 0.05) is 35.9 Å². The second kappa shape index (κ2) is 10.4. The third kappa shape index (κ3) is 5.96. The van der Waals surface area contributed by atoms with Crippen molar-refractivity contribution in [1.29, 1.82) is 0 Å². The van der Waals surface area contributed by atoms with E-state index < -0.39 is 21.8 Å². The molecule has 184 valence electrons. The summed E-state index contributed by atoms with van der Waals surface area (Å²) >= 11 is 0. The molecule has 0 amide bonds. The number of halogens is 1. The fourth-order valence-corrected chi connectivity index (χ4v) is 3.86. The van der Waals surface area contributed by atoms with Crippen molar-refractivity contribution in [3.05, 3.63) is 90.4 Å². The third-order valence-electron chi connectivity index (χ3n) is 5.04. The summed E-state index contributed by atoms with van der Waals surface area (Å²) in [5, 5.41) is 0. The number of methoxy groups -OCH3 is 1. The van der Waals surface area contributed by atoms with E-state index in [1.807, 2.05) is 0 Å². The molecule has 0 saturated carbocycles. The number of nitrogens with one attached hydrogen (secondary N) is 1. The summed E-state index contributed by atoms with van der Waals surface area (Å²) in [4.78, 5) is 30.5. The highest BCUT2D eigenvalue weighted by atomic mass is 32.2. The van der Waals surface area contributed by atoms with Crippen molar-refractivity contribution in [2.45, 2.75) is 6.54 Å². The average Bonchev–Trinajstić information content (AvgIpc) is 2.87. The number of hydrogen-bond acceptors (Lipinski definition) is 9. The van der Waals surface area contributed by atoms with Gasteiger partial charge in [0.1, 0.15) is 17.5 Å². The van der Waals surface area contributed by atoms with E-state index in [2.05, 4.69) is 29.4 Å². The molecule has 4 aromatic rings. The Labute approximate surface area is 206 Å². The molecule has 12 heteroatoms. The highest BCUT2D eigenvalue weighted by Gasteiger charge is 2.18. The lowest BCUT2D eigenvalue weighted by molar-refractivity contribution is 0.0600. The molecule has 0 bridgehead atoms. The van der Waals surface area contributed by atoms with Crippen molar-refractivity contribution >= 4 is 33.4 Å². The number of hydrogen-bond donors (Lipinski definition) is 1. The minimum Gasteiger partial charge on any atom is -0.465 e. The van der Waals surface area contributed by atoms with Crippen molar-refractivity contribution in [1.82, 2.24) is 19.9 Å². The number of nitrogens with zero attached hydrogens (tertiary/aromatic N) is 5. The first kappa shape index (κ1) is 24.7. The first-order valence-electron chi connectivity index (χ1n) is 10.5. The number of carbonyl (C=O) groups excluding carboxylic acids is 1. The van der Waals surface area contributed by atoms with Gasteiger partial charge in [-0.3, -0.25) is 9.71 Å². The van der Waals surface area contributed by atoms with E-state index in [0.29, 0.717) is 22.8 Å². The average molecular weight is 509 g/mol. The molecule has 4 rings (SSSR count). The Hall–Kier alpha value is -4.45. The smallest absolute Gasteiger partial charge is 0.337 e. The number of carbonyl (C=O) groups is 1. The highest BCUT2D eigenvalue weighted by molar-refractivity contribution is 7.92. The van der Waals surface area contributed by atoms with Crippen LogP contribution in [-0.2, 0) is 21.3 Å². The van der Waals surface area contributed by atoms with Crippen LogP contribution in [0.2, 0.25) is 0 Å². The summed E-state index contributed by atoms with van der Waals surface area (Å²) < 4.78 is 44.7. The summed E-state index contributed by atoms with van der Waals surface area (Å²) in [6.45, 7) is 0.0535. The third-order valence-corrected chi connectivity index (χ3v) is 5.62. The van der Waals surface area contributed by atoms with Gasteiger partial charge in [-0.15, -0.1) is 0 Å². The Morgan fingerprint density at radius 3 is 2.42 bits per heavy atom. The molecule has 10 nitrogen and oxygen atoms in total. The number of aromatic nitrogens is 4. The number of anilines is 3. The lowest BCUT2D eigenvalue weighted by Crippen LogP contribution is -2.20. The monoisotopic (exact) mass is 508 g/mol. The molecule has 0 saturated heterocycles. The molecule has 0 aliphatic heterocycles. The fourth-order valence-electron chi connectivity index (χ4n) is 3.36. The topological polar surface area (TPSA) is 127 Å². The zero-order valence-corrected chi connectivity index (χ0v) is 20.1. The van der Waals surface area contributed by atoms with Crippen molar-refractivity contribution in [2.75, 3.05) is 23.0 Å². The summed E-state index contributed by atoms with van der Waals surface area (Å²) in [7, 11) is -2.21. The number of pyridine rings is 2. The SMILES string of the molecule is COC(=O)c1ccc(CN(c2cnccn2)c2cc(-c3ccc(NS(C)(=O)=O)nc3)ccn2)c(F)c1. The number of esters is 1. The molecule has 0 aliphatic rings. The van der Waals surface area contributed by atoms with Crippen LogP contribution in [0.15, 0.2) is 73.4 Å². The van der Waals surface area contributed by atoms with Crippen LogP contribution in [0.3, 0.4) is 0 Å². The molecular formula is C24H21FN6O4S. The predicted octanol–water partition coefficient (Wildman–Crippen LogP) is 3.57. The predicted molar refractivity (Wildman–Crippen MR) is 132 cm³/mol. The summed E-state index contributed by atoms with van der Waals surface area (Å²) in [6.07, 6.45) is 8.74. The minimum atomic E-state index is -3.44. The zero-order valence-electron chi connectivity index (χ0n) is 19.3. The first-order valence-corrected chi connectivity index (χ1v) is 12.4. The van der Waals surface area contributed by atoms with E-state index in [0.717, 1.165) is 17.9 Å². The maximum atomic E-state index is 14.9. The second-order valence-corrected chi connectivity index (χ2v) is 9.41. The van der Waals surface area contributed by atoms with E-state index in [4.69, 9.17) is 0 Å². The second-order valence-electron chi connectivity index (χ2n) is 7.66. The lowest BCUT2D eigenvalue weighted by atomic mass is 10.1. The molecule has 0 aliphatic carbocycles. The standard InChI is InChI=1S/C24H21FN6O4S/c1-35-24(32)17-3-4-19(20(25)11-17)15-31(23-14-26-9-10-28-23)22-12-16(7-8-27-22)18-5-6-21(29-13-18)30-36(2,33)34/h3-14H,15H2,1-2H3,(H,29,30). The van der Waals surface area contributed by atoms with E-state index in [9.17, 15) is 17.6 Å². The molecule has 1 N–H and O–H groups in total. The number of benzene rings is 1. The molecule has 0 unspecified atom stereocenters. The normalized spacial score (nSPS) is 11.1. The quantitative estimate of drug-likeness (QED) is 0.355. The molecule has 3 aromatic heterocycles. The molecule has 0 radical (unpaired) electrons. The summed E-state index contributed by atoms with van der Waals surface area (Å²) in [5.41, 5.74) is 1.86. The van der Waals surface area contributed by atoms with Gasteiger partial charge in [0.25, 0.3) is 0 Å². The number of ether oxygens (including phenoxy) is 1. The van der Waals surface area contributed by atoms with Crippen LogP contribution in [0, 0.1) is 5.82 Å². The minimum absolute atomic E-state index is 0.0535. The Morgan fingerprint density at radius 2 is 1.78 bits per heavy atom. The highest BCUT2D eigenvalue weighted by Crippen LogP contribution is 2.29. The van der Waals surface area contributed by atoms with Crippen molar-refractivity contribution in [3.8, 4) is 11.1 Å². The van der Waals surface area contributed by atoms with Gasteiger partial charge in [-0.1, -0.05) is 6.07 Å². The summed E-state index contributed by atoms with van der Waals surface area (Å²) in [6, 6.07) is 10.9. The Morgan fingerprint density at radius 1 is 0.972 bits per heavy atom. The van der Waals surface area contributed by atoms with Gasteiger partial charge in [0.05, 0.1) is 31.7 Å². The number of sulfonamides is 1. The van der Waals surface area contributed by atoms with Gasteiger partial charge in [0.15, 0.2) is 5.82 Å². The van der Waals surface area contributed by atoms with Crippen molar-refractivity contribution in [2.24, 2.45) is 0 Å². The molecule has 0 spiro atoms. The van der Waals surface area contributed by atoms with E-state index >= 15 is 0 Å². The lowest BCUT2D eigenvalue weighted by Gasteiger charge is -2.23. The van der Waals surface area contributed by atoms with Gasteiger partial charge in [0.2, 0.25) is 10.0 Å². The Kier molecular flexibility index (Phi) is 7.15. The summed E-state index contributed by atoms with van der Waals surface area (Å²) in [5.74, 6) is -0.122. The zero-order chi connectivity index (χ0) is 25.7. The van der Waals surface area contributed by atoms with Gasteiger partial charge in [-0.05, 0) is 42.0 Å². The van der Waals surface area contributed by atoms with Gasteiger partial charge in [-0.2, -0.15) is 0 Å². The van der Waals surface area contributed by atoms with Gasteiger partial charge in [-0.25, -0.2) is 32.6 Å². The Bertz CT molecular complexity index is 1480. The fraction of sp³-hybridized carbons (Fsp3) is 0.125. The van der Waals surface area contributed by atoms with E-state index in [-0.39, 0.29) is 17.9 Å². The van der Waals surface area contributed by atoms with Crippen LogP contribution in [0.1, 0.15) is 15.9 Å². The van der Waals surface area contributed by atoms with Gasteiger partial charge < -0.3 is 9.64 Å². The molecule has 0 atom stereocenters. The maximum Gasteiger partial charge on any atom is 0.337 e. The van der Waals surface area contributed by atoms with Crippen LogP contribution in [0.25, 0.3) is 11.1 Å². The molecule has 3 heterocycles. The van der Waals surface area contributed by atoms with Crippen LogP contribution >= 0.6 is 0 Å². The van der Waals surface area contributed by atoms with Crippen molar-refractivity contribution in [3.63, 3.8) is 0 Å². The van der Waals surface area contributed by atoms with Gasteiger partial charge >= 0.3 is 5.97 Å². The van der Waals surface area contributed by atoms with Crippen LogP contribution in [0.5, 0.6) is 0 Å². The van der Waals surface area contributed by atoms with E-state index in [1.165, 1.54) is 44.0 Å². The van der Waals surface area contributed by atoms with Crippen LogP contribution in [-0.4, -0.2) is 47.7 Å². The maximum absolute atomic E-state index is 14.9. The van der Waals surface area contributed by atoms with Crippen molar-refractivity contribution < 1.29 is 22.3 Å². The number of rotatable bonds is 8. The molecular weight excluding hydrogens is 487 g/mol. The van der Waals surface area contributed by atoms with E-state index in [1.54, 1.807) is 35.4 Å². The van der Waals surface area contributed by atoms with Crippen LogP contribution < -0.4 is 9.62 Å². The Balaban J connectivity index is 1.68.